The van der Waals surface area contributed by atoms with E-state index in [9.17, 15) is 18.0 Å². The van der Waals surface area contributed by atoms with Crippen LogP contribution in [0, 0.1) is 6.92 Å². The fourth-order valence-electron chi connectivity index (χ4n) is 2.95. The summed E-state index contributed by atoms with van der Waals surface area (Å²) >= 11 is 0. The molecule has 3 rings (SSSR count). The van der Waals surface area contributed by atoms with Crippen molar-refractivity contribution >= 4 is 6.03 Å². The van der Waals surface area contributed by atoms with Crippen molar-refractivity contribution in [3.8, 4) is 5.75 Å². The van der Waals surface area contributed by atoms with Gasteiger partial charge >= 0.3 is 12.2 Å². The molecule has 4 nitrogen and oxygen atoms in total. The second kappa shape index (κ2) is 4.29. The predicted molar refractivity (Wildman–Crippen MR) is 68.9 cm³/mol. The molecular weight excluding hydrogens is 285 g/mol. The van der Waals surface area contributed by atoms with Gasteiger partial charge in [-0.2, -0.15) is 13.2 Å². The van der Waals surface area contributed by atoms with E-state index in [0.29, 0.717) is 10.6 Å². The first-order valence-electron chi connectivity index (χ1n) is 6.62. The molecule has 2 heterocycles. The van der Waals surface area contributed by atoms with E-state index in [-0.39, 0.29) is 12.5 Å². The fourth-order valence-corrected chi connectivity index (χ4v) is 2.95. The summed E-state index contributed by atoms with van der Waals surface area (Å²) in [6.07, 6.45) is -4.19. The van der Waals surface area contributed by atoms with Crippen LogP contribution in [-0.4, -0.2) is 29.4 Å². The lowest BCUT2D eigenvalue weighted by Crippen LogP contribution is -2.66. The number of rotatable bonds is 1. The van der Waals surface area contributed by atoms with Crippen molar-refractivity contribution in [2.24, 2.45) is 0 Å². The number of carbonyl (C=O) groups is 1. The van der Waals surface area contributed by atoms with Gasteiger partial charge < -0.3 is 10.1 Å². The molecule has 0 spiro atoms. The number of nitrogens with one attached hydrogen (secondary N) is 1. The van der Waals surface area contributed by atoms with Crippen molar-refractivity contribution in [2.75, 3.05) is 6.54 Å². The molecule has 114 valence electrons. The molecule has 21 heavy (non-hydrogen) atoms. The highest BCUT2D eigenvalue weighted by Crippen LogP contribution is 2.44. The summed E-state index contributed by atoms with van der Waals surface area (Å²) in [5.41, 5.74) is 0.533. The zero-order chi connectivity index (χ0) is 15.4. The van der Waals surface area contributed by atoms with Crippen LogP contribution in [0.2, 0.25) is 0 Å². The van der Waals surface area contributed by atoms with E-state index in [1.165, 1.54) is 6.92 Å². The lowest BCUT2D eigenvalue weighted by Gasteiger charge is -2.50. The van der Waals surface area contributed by atoms with Gasteiger partial charge in [0.25, 0.3) is 0 Å². The quantitative estimate of drug-likeness (QED) is 0.866. The second-order valence-electron chi connectivity index (χ2n) is 5.73. The number of carbonyl (C=O) groups excluding carboxylic acids is 1. The summed E-state index contributed by atoms with van der Waals surface area (Å²) in [4.78, 5) is 12.7. The first kappa shape index (κ1) is 14.0. The molecule has 0 aliphatic carbocycles. The molecule has 2 amide bonds. The third-order valence-electron chi connectivity index (χ3n) is 3.90. The summed E-state index contributed by atoms with van der Waals surface area (Å²) < 4.78 is 43.8. The molecule has 2 unspecified atom stereocenters. The van der Waals surface area contributed by atoms with E-state index in [1.54, 1.807) is 6.07 Å². The van der Waals surface area contributed by atoms with Crippen molar-refractivity contribution in [1.82, 2.24) is 10.2 Å². The third-order valence-corrected chi connectivity index (χ3v) is 3.90. The number of hydrogen-bond acceptors (Lipinski definition) is 2. The van der Waals surface area contributed by atoms with Gasteiger partial charge in [-0.3, -0.25) is 4.90 Å². The molecule has 1 saturated heterocycles. The first-order valence-corrected chi connectivity index (χ1v) is 6.62. The lowest BCUT2D eigenvalue weighted by atomic mass is 9.89. The Morgan fingerprint density at radius 3 is 2.86 bits per heavy atom. The topological polar surface area (TPSA) is 41.6 Å². The van der Waals surface area contributed by atoms with E-state index in [2.05, 4.69) is 5.32 Å². The van der Waals surface area contributed by atoms with Gasteiger partial charge in [-0.15, -0.1) is 0 Å². The number of ether oxygens (including phenoxy) is 1. The van der Waals surface area contributed by atoms with E-state index < -0.39 is 24.5 Å². The molecule has 2 atom stereocenters. The van der Waals surface area contributed by atoms with Crippen LogP contribution in [-0.2, 0) is 0 Å². The predicted octanol–water partition coefficient (Wildman–Crippen LogP) is 3.12. The molecule has 1 N–H and O–H groups in total. The highest BCUT2D eigenvalue weighted by Gasteiger charge is 2.52. The minimum absolute atomic E-state index is 0.283. The number of urea groups is 1. The van der Waals surface area contributed by atoms with Gasteiger partial charge in [0.05, 0.1) is 6.04 Å². The molecule has 0 radical (unpaired) electrons. The zero-order valence-electron chi connectivity index (χ0n) is 11.6. The molecule has 7 heteroatoms. The van der Waals surface area contributed by atoms with E-state index in [1.807, 2.05) is 19.1 Å². The Bertz CT molecular complexity index is 602. The van der Waals surface area contributed by atoms with E-state index in [4.69, 9.17) is 4.74 Å². The van der Waals surface area contributed by atoms with Crippen LogP contribution in [0.5, 0.6) is 5.75 Å². The minimum atomic E-state index is -4.47. The number of halogens is 3. The highest BCUT2D eigenvalue weighted by atomic mass is 19.4. The largest absolute Gasteiger partial charge is 0.468 e. The van der Waals surface area contributed by atoms with Gasteiger partial charge in [0, 0.05) is 12.0 Å². The normalized spacial score (nSPS) is 27.8. The van der Waals surface area contributed by atoms with E-state index in [0.717, 1.165) is 11.1 Å². The average molecular weight is 300 g/mol. The Morgan fingerprint density at radius 1 is 1.48 bits per heavy atom. The lowest BCUT2D eigenvalue weighted by molar-refractivity contribution is -0.180. The van der Waals surface area contributed by atoms with Crippen LogP contribution in [0.3, 0.4) is 0 Å². The first-order chi connectivity index (χ1) is 9.68. The fraction of sp³-hybridized carbons (Fsp3) is 0.500. The molecule has 2 aliphatic heterocycles. The maximum absolute atomic E-state index is 12.7. The smallest absolute Gasteiger partial charge is 0.406 e. The number of aryl methyl sites for hydroxylation is 1. The Labute approximate surface area is 119 Å². The Morgan fingerprint density at radius 2 is 2.19 bits per heavy atom. The zero-order valence-corrected chi connectivity index (χ0v) is 11.6. The van der Waals surface area contributed by atoms with E-state index >= 15 is 0 Å². The SMILES string of the molecule is Cc1ccc2c(c1)C1CC(C)(O2)N(CC(F)(F)F)C(=O)N1. The van der Waals surface area contributed by atoms with Gasteiger partial charge in [0.1, 0.15) is 12.3 Å². The summed E-state index contributed by atoms with van der Waals surface area (Å²) in [5.74, 6) is 0.520. The number of hydrogen-bond donors (Lipinski definition) is 1. The average Bonchev–Trinajstić information content (AvgIpc) is 2.34. The van der Waals surface area contributed by atoms with Crippen molar-refractivity contribution in [3.63, 3.8) is 0 Å². The molecule has 2 aliphatic rings. The van der Waals surface area contributed by atoms with Crippen LogP contribution < -0.4 is 10.1 Å². The van der Waals surface area contributed by atoms with Gasteiger partial charge in [-0.05, 0) is 19.9 Å². The molecule has 0 saturated carbocycles. The summed E-state index contributed by atoms with van der Waals surface area (Å²) in [6.45, 7) is 2.10. The standard InChI is InChI=1S/C14H15F3N2O2/c1-8-3-4-11-9(5-8)10-6-13(2,21-11)19(12(20)18-10)7-14(15,16)17/h3-5,10H,6-7H2,1-2H3,(H,18,20). The Hall–Kier alpha value is -1.92. The molecule has 2 bridgehead atoms. The summed E-state index contributed by atoms with van der Waals surface area (Å²) in [7, 11) is 0. The van der Waals surface area contributed by atoms with Gasteiger partial charge in [0.2, 0.25) is 0 Å². The number of alkyl halides is 3. The molecule has 1 aromatic carbocycles. The third kappa shape index (κ3) is 2.41. The number of benzene rings is 1. The Balaban J connectivity index is 1.99. The van der Waals surface area contributed by atoms with Gasteiger partial charge in [-0.1, -0.05) is 17.7 Å². The van der Waals surface area contributed by atoms with Crippen LogP contribution >= 0.6 is 0 Å². The van der Waals surface area contributed by atoms with Gasteiger partial charge in [-0.25, -0.2) is 4.79 Å². The summed E-state index contributed by atoms with van der Waals surface area (Å²) in [6, 6.07) is 4.38. The van der Waals surface area contributed by atoms with Crippen molar-refractivity contribution in [1.29, 1.82) is 0 Å². The van der Waals surface area contributed by atoms with Crippen molar-refractivity contribution in [3.05, 3.63) is 29.3 Å². The van der Waals surface area contributed by atoms with Crippen LogP contribution in [0.15, 0.2) is 18.2 Å². The van der Waals surface area contributed by atoms with Crippen LogP contribution in [0.4, 0.5) is 18.0 Å². The monoisotopic (exact) mass is 300 g/mol. The molecule has 1 fully saturated rings. The maximum atomic E-state index is 12.7. The maximum Gasteiger partial charge on any atom is 0.406 e. The van der Waals surface area contributed by atoms with Crippen LogP contribution in [0.1, 0.15) is 30.5 Å². The minimum Gasteiger partial charge on any atom is -0.468 e. The Kier molecular flexibility index (Phi) is 2.86. The molecule has 1 aromatic rings. The highest BCUT2D eigenvalue weighted by molar-refractivity contribution is 5.77. The second-order valence-corrected chi connectivity index (χ2v) is 5.73. The number of nitrogens with zero attached hydrogens (tertiary/aromatic N) is 1. The van der Waals surface area contributed by atoms with Crippen molar-refractivity contribution < 1.29 is 22.7 Å². The molecule has 0 aromatic heterocycles. The van der Waals surface area contributed by atoms with Crippen molar-refractivity contribution in [2.45, 2.75) is 38.2 Å². The van der Waals surface area contributed by atoms with Crippen LogP contribution in [0.25, 0.3) is 0 Å². The number of amides is 2. The number of fused-ring (bicyclic) bond motifs is 4. The van der Waals surface area contributed by atoms with Gasteiger partial charge in [0.15, 0.2) is 5.72 Å². The summed E-state index contributed by atoms with van der Waals surface area (Å²) in [5, 5.41) is 2.64. The molecular formula is C14H15F3N2O2.